The molecular formula is C13H18F3N3. The molecule has 1 aliphatic rings. The maximum atomic E-state index is 12.4. The Labute approximate surface area is 110 Å². The zero-order chi connectivity index (χ0) is 13.7. The van der Waals surface area contributed by atoms with Crippen molar-refractivity contribution in [3.8, 4) is 0 Å². The van der Waals surface area contributed by atoms with E-state index in [-0.39, 0.29) is 0 Å². The van der Waals surface area contributed by atoms with Crippen molar-refractivity contribution in [2.75, 3.05) is 5.32 Å². The first-order valence-electron chi connectivity index (χ1n) is 6.73. The first kappa shape index (κ1) is 14.1. The highest BCUT2D eigenvalue weighted by Crippen LogP contribution is 2.27. The molecule has 0 amide bonds. The normalized spacial score (nSPS) is 18.7. The number of hydrogen-bond donors (Lipinski definition) is 1. The van der Waals surface area contributed by atoms with Crippen molar-refractivity contribution in [2.45, 2.75) is 57.2 Å². The lowest BCUT2D eigenvalue weighted by Gasteiger charge is -2.21. The number of alkyl halides is 3. The van der Waals surface area contributed by atoms with Gasteiger partial charge < -0.3 is 5.32 Å². The summed E-state index contributed by atoms with van der Waals surface area (Å²) in [5.41, 5.74) is -0.948. The SMILES string of the molecule is FC(F)(F)c1ccc(NC2CCCCCCC2)nn1. The molecule has 19 heavy (non-hydrogen) atoms. The second kappa shape index (κ2) is 6.21. The molecule has 106 valence electrons. The molecule has 0 atom stereocenters. The largest absolute Gasteiger partial charge is 0.435 e. The number of hydrogen-bond acceptors (Lipinski definition) is 3. The Morgan fingerprint density at radius 2 is 1.58 bits per heavy atom. The Hall–Kier alpha value is -1.33. The van der Waals surface area contributed by atoms with Gasteiger partial charge in [-0.05, 0) is 25.0 Å². The van der Waals surface area contributed by atoms with E-state index < -0.39 is 11.9 Å². The van der Waals surface area contributed by atoms with Gasteiger partial charge >= 0.3 is 6.18 Å². The van der Waals surface area contributed by atoms with Gasteiger partial charge in [0.05, 0.1) is 0 Å². The van der Waals surface area contributed by atoms with Gasteiger partial charge in [-0.1, -0.05) is 32.1 Å². The van der Waals surface area contributed by atoms with Gasteiger partial charge in [-0.15, -0.1) is 10.2 Å². The Morgan fingerprint density at radius 3 is 2.11 bits per heavy atom. The Morgan fingerprint density at radius 1 is 0.947 bits per heavy atom. The van der Waals surface area contributed by atoms with Crippen molar-refractivity contribution in [1.29, 1.82) is 0 Å². The monoisotopic (exact) mass is 273 g/mol. The minimum absolute atomic E-state index is 0.298. The van der Waals surface area contributed by atoms with Crippen molar-refractivity contribution < 1.29 is 13.2 Å². The highest BCUT2D eigenvalue weighted by Gasteiger charge is 2.32. The topological polar surface area (TPSA) is 37.8 Å². The summed E-state index contributed by atoms with van der Waals surface area (Å²) in [6.07, 6.45) is 3.73. The molecule has 0 spiro atoms. The third-order valence-corrected chi connectivity index (χ3v) is 3.41. The van der Waals surface area contributed by atoms with Crippen molar-refractivity contribution >= 4 is 5.82 Å². The van der Waals surface area contributed by atoms with Crippen LogP contribution in [0.25, 0.3) is 0 Å². The maximum Gasteiger partial charge on any atom is 0.435 e. The summed E-state index contributed by atoms with van der Waals surface area (Å²) in [6, 6.07) is 2.62. The summed E-state index contributed by atoms with van der Waals surface area (Å²) >= 11 is 0. The van der Waals surface area contributed by atoms with E-state index in [1.54, 1.807) is 0 Å². The Balaban J connectivity index is 1.94. The average molecular weight is 273 g/mol. The van der Waals surface area contributed by atoms with E-state index in [0.29, 0.717) is 11.9 Å². The van der Waals surface area contributed by atoms with Gasteiger partial charge in [0.1, 0.15) is 5.82 Å². The van der Waals surface area contributed by atoms with Crippen LogP contribution in [0.4, 0.5) is 19.0 Å². The second-order valence-electron chi connectivity index (χ2n) is 4.99. The third-order valence-electron chi connectivity index (χ3n) is 3.41. The predicted molar refractivity (Wildman–Crippen MR) is 66.8 cm³/mol. The van der Waals surface area contributed by atoms with Crippen molar-refractivity contribution in [3.05, 3.63) is 17.8 Å². The van der Waals surface area contributed by atoms with E-state index in [1.807, 2.05) is 0 Å². The quantitative estimate of drug-likeness (QED) is 0.884. The molecule has 0 saturated heterocycles. The first-order chi connectivity index (χ1) is 9.05. The molecule has 0 radical (unpaired) electrons. The summed E-state index contributed by atoms with van der Waals surface area (Å²) in [6.45, 7) is 0. The summed E-state index contributed by atoms with van der Waals surface area (Å²) in [5.74, 6) is 0.429. The van der Waals surface area contributed by atoms with Crippen LogP contribution >= 0.6 is 0 Å². The van der Waals surface area contributed by atoms with Crippen LogP contribution in [0.5, 0.6) is 0 Å². The highest BCUT2D eigenvalue weighted by atomic mass is 19.4. The summed E-state index contributed by atoms with van der Waals surface area (Å²) in [5, 5.41) is 10.0. The zero-order valence-electron chi connectivity index (χ0n) is 10.7. The van der Waals surface area contributed by atoms with Crippen LogP contribution in [0.15, 0.2) is 12.1 Å². The van der Waals surface area contributed by atoms with Gasteiger partial charge in [0.25, 0.3) is 0 Å². The lowest BCUT2D eigenvalue weighted by Crippen LogP contribution is -2.21. The van der Waals surface area contributed by atoms with Gasteiger partial charge in [0.15, 0.2) is 5.69 Å². The number of anilines is 1. The van der Waals surface area contributed by atoms with E-state index in [2.05, 4.69) is 15.5 Å². The predicted octanol–water partition coefficient (Wildman–Crippen LogP) is 4.02. The van der Waals surface area contributed by atoms with Gasteiger partial charge in [-0.2, -0.15) is 13.2 Å². The highest BCUT2D eigenvalue weighted by molar-refractivity contribution is 5.34. The van der Waals surface area contributed by atoms with E-state index >= 15 is 0 Å². The second-order valence-corrected chi connectivity index (χ2v) is 4.99. The van der Waals surface area contributed by atoms with Crippen LogP contribution in [0.3, 0.4) is 0 Å². The molecule has 6 heteroatoms. The van der Waals surface area contributed by atoms with Crippen LogP contribution in [0, 0.1) is 0 Å². The molecule has 3 nitrogen and oxygen atoms in total. The molecule has 1 fully saturated rings. The molecule has 0 aromatic carbocycles. The van der Waals surface area contributed by atoms with E-state index in [9.17, 15) is 13.2 Å². The number of nitrogens with one attached hydrogen (secondary N) is 1. The smallest absolute Gasteiger partial charge is 0.366 e. The minimum atomic E-state index is -4.42. The van der Waals surface area contributed by atoms with Crippen molar-refractivity contribution in [1.82, 2.24) is 10.2 Å². The number of halogens is 3. The van der Waals surface area contributed by atoms with Crippen LogP contribution in [-0.4, -0.2) is 16.2 Å². The lowest BCUT2D eigenvalue weighted by molar-refractivity contribution is -0.141. The number of nitrogens with zero attached hydrogens (tertiary/aromatic N) is 2. The standard InChI is InChI=1S/C13H18F3N3/c14-13(15,16)11-8-9-12(19-18-11)17-10-6-4-2-1-3-5-7-10/h8-10H,1-7H2,(H,17,19). The molecule has 0 aliphatic heterocycles. The molecule has 2 rings (SSSR count). The molecule has 1 aromatic heterocycles. The van der Waals surface area contributed by atoms with Crippen LogP contribution in [-0.2, 0) is 6.18 Å². The zero-order valence-corrected chi connectivity index (χ0v) is 10.7. The summed E-state index contributed by atoms with van der Waals surface area (Å²) in [7, 11) is 0. The first-order valence-corrected chi connectivity index (χ1v) is 6.73. The molecule has 1 saturated carbocycles. The molecule has 1 aromatic rings. The van der Waals surface area contributed by atoms with Crippen LogP contribution < -0.4 is 5.32 Å². The lowest BCUT2D eigenvalue weighted by atomic mass is 9.97. The van der Waals surface area contributed by atoms with Gasteiger partial charge in [-0.3, -0.25) is 0 Å². The van der Waals surface area contributed by atoms with Crippen LogP contribution in [0.1, 0.15) is 50.6 Å². The molecular weight excluding hydrogens is 255 g/mol. The minimum Gasteiger partial charge on any atom is -0.366 e. The third kappa shape index (κ3) is 4.36. The van der Waals surface area contributed by atoms with Crippen LogP contribution in [0.2, 0.25) is 0 Å². The van der Waals surface area contributed by atoms with Crippen molar-refractivity contribution in [2.24, 2.45) is 0 Å². The summed E-state index contributed by atoms with van der Waals surface area (Å²) in [4.78, 5) is 0. The Kier molecular flexibility index (Phi) is 4.61. The van der Waals surface area contributed by atoms with Gasteiger partial charge in [-0.25, -0.2) is 0 Å². The molecule has 0 unspecified atom stereocenters. The van der Waals surface area contributed by atoms with E-state index in [4.69, 9.17) is 0 Å². The summed E-state index contributed by atoms with van der Waals surface area (Å²) < 4.78 is 37.1. The fraction of sp³-hybridized carbons (Fsp3) is 0.692. The van der Waals surface area contributed by atoms with Crippen molar-refractivity contribution in [3.63, 3.8) is 0 Å². The van der Waals surface area contributed by atoms with Gasteiger partial charge in [0, 0.05) is 6.04 Å². The molecule has 1 aliphatic carbocycles. The van der Waals surface area contributed by atoms with E-state index in [0.717, 1.165) is 31.7 Å². The van der Waals surface area contributed by atoms with Gasteiger partial charge in [0.2, 0.25) is 0 Å². The fourth-order valence-electron chi connectivity index (χ4n) is 2.37. The maximum absolute atomic E-state index is 12.4. The Bertz CT molecular complexity index is 381. The van der Waals surface area contributed by atoms with E-state index in [1.165, 1.54) is 25.3 Å². The average Bonchev–Trinajstić information content (AvgIpc) is 2.32. The fourth-order valence-corrected chi connectivity index (χ4v) is 2.37. The molecule has 0 bridgehead atoms. The number of rotatable bonds is 2. The number of aromatic nitrogens is 2. The molecule has 1 N–H and O–H groups in total. The molecule has 1 heterocycles.